The summed E-state index contributed by atoms with van der Waals surface area (Å²) in [4.78, 5) is 10.8. The highest BCUT2D eigenvalue weighted by Crippen LogP contribution is 2.21. The molecule has 0 aromatic carbocycles. The predicted octanol–water partition coefficient (Wildman–Crippen LogP) is 1.14. The summed E-state index contributed by atoms with van der Waals surface area (Å²) in [5.74, 6) is -0.0618. The average Bonchev–Trinajstić information content (AvgIpc) is 2.08. The summed E-state index contributed by atoms with van der Waals surface area (Å²) < 4.78 is 10.5. The number of carbonyl (C=O) groups excluding carboxylic acids is 1. The van der Waals surface area contributed by atoms with Crippen LogP contribution < -0.4 is 5.32 Å². The van der Waals surface area contributed by atoms with Gasteiger partial charge in [-0.05, 0) is 12.8 Å². The predicted molar refractivity (Wildman–Crippen MR) is 54.2 cm³/mol. The Labute approximate surface area is 86.7 Å². The van der Waals surface area contributed by atoms with Crippen molar-refractivity contribution in [2.24, 2.45) is 0 Å². The molecule has 0 aromatic heterocycles. The van der Waals surface area contributed by atoms with E-state index in [0.29, 0.717) is 6.61 Å². The molecular formula is C7H13NO3S2. The van der Waals surface area contributed by atoms with E-state index in [-0.39, 0.29) is 18.2 Å². The molecule has 0 bridgehead atoms. The molecule has 0 radical (unpaired) electrons. The van der Waals surface area contributed by atoms with Crippen LogP contribution >= 0.6 is 22.7 Å². The molecular weight excluding hydrogens is 210 g/mol. The van der Waals surface area contributed by atoms with Crippen LogP contribution in [0, 0.1) is 0 Å². The fourth-order valence-corrected chi connectivity index (χ4v) is 1.82. The van der Waals surface area contributed by atoms with E-state index in [0.717, 1.165) is 23.9 Å². The third kappa shape index (κ3) is 3.76. The molecule has 0 saturated carbocycles. The average molecular weight is 223 g/mol. The summed E-state index contributed by atoms with van der Waals surface area (Å²) >= 11 is 4.82. The van der Waals surface area contributed by atoms with Crippen LogP contribution in [0.1, 0.15) is 19.8 Å². The highest BCUT2D eigenvalue weighted by atomic mass is 33.1. The number of carbonyl (C=O) groups is 1. The summed E-state index contributed by atoms with van der Waals surface area (Å²) in [7, 11) is 0. The molecule has 13 heavy (non-hydrogen) atoms. The zero-order valence-electron chi connectivity index (χ0n) is 7.36. The van der Waals surface area contributed by atoms with Gasteiger partial charge in [0, 0.05) is 13.5 Å². The van der Waals surface area contributed by atoms with E-state index in [1.165, 1.54) is 6.92 Å². The fourth-order valence-electron chi connectivity index (χ4n) is 1.29. The molecule has 1 fully saturated rings. The maximum Gasteiger partial charge on any atom is 0.217 e. The lowest BCUT2D eigenvalue weighted by Gasteiger charge is -2.30. The van der Waals surface area contributed by atoms with Crippen molar-refractivity contribution in [2.75, 3.05) is 6.61 Å². The molecule has 1 N–H and O–H groups in total. The van der Waals surface area contributed by atoms with Crippen molar-refractivity contribution in [1.82, 2.24) is 5.32 Å². The van der Waals surface area contributed by atoms with E-state index < -0.39 is 0 Å². The van der Waals surface area contributed by atoms with Gasteiger partial charge in [-0.3, -0.25) is 8.98 Å². The standard InChI is InChI=1S/C7H13NO3S2/c1-5(9)8-6-3-2-4-10-7(6)11-13-12/h6-7,12H,2-4H2,1H3,(H,8,9). The zero-order valence-corrected chi connectivity index (χ0v) is 9.07. The first kappa shape index (κ1) is 11.2. The number of hydrogen-bond donors (Lipinski definition) is 2. The molecule has 0 aromatic rings. The molecule has 6 heteroatoms. The summed E-state index contributed by atoms with van der Waals surface area (Å²) in [5, 5.41) is 2.78. The van der Waals surface area contributed by atoms with Gasteiger partial charge in [-0.25, -0.2) is 0 Å². The second-order valence-corrected chi connectivity index (χ2v) is 3.65. The Kier molecular flexibility index (Phi) is 4.93. The van der Waals surface area contributed by atoms with Crippen molar-refractivity contribution in [2.45, 2.75) is 32.1 Å². The largest absolute Gasteiger partial charge is 0.350 e. The van der Waals surface area contributed by atoms with Crippen molar-refractivity contribution >= 4 is 28.6 Å². The molecule has 1 heterocycles. The van der Waals surface area contributed by atoms with Gasteiger partial charge < -0.3 is 10.1 Å². The molecule has 0 aliphatic carbocycles. The number of nitrogens with one attached hydrogen (secondary N) is 1. The Morgan fingerprint density at radius 1 is 1.77 bits per heavy atom. The Bertz CT molecular complexity index is 177. The quantitative estimate of drug-likeness (QED) is 0.428. The van der Waals surface area contributed by atoms with Crippen LogP contribution in [-0.4, -0.2) is 24.8 Å². The third-order valence-electron chi connectivity index (χ3n) is 1.80. The fraction of sp³-hybridized carbons (Fsp3) is 0.857. The molecule has 0 spiro atoms. The molecule has 2 atom stereocenters. The molecule has 1 aliphatic heterocycles. The van der Waals surface area contributed by atoms with Crippen molar-refractivity contribution in [3.8, 4) is 0 Å². The lowest BCUT2D eigenvalue weighted by atomic mass is 10.1. The minimum Gasteiger partial charge on any atom is -0.350 e. The van der Waals surface area contributed by atoms with E-state index in [1.54, 1.807) is 0 Å². The molecule has 1 aliphatic rings. The first-order valence-corrected chi connectivity index (χ1v) is 5.89. The van der Waals surface area contributed by atoms with E-state index in [2.05, 4.69) is 17.0 Å². The monoisotopic (exact) mass is 223 g/mol. The van der Waals surface area contributed by atoms with Crippen molar-refractivity contribution in [3.63, 3.8) is 0 Å². The van der Waals surface area contributed by atoms with Crippen LogP contribution in [0.25, 0.3) is 0 Å². The molecule has 1 rings (SSSR count). The van der Waals surface area contributed by atoms with Gasteiger partial charge in [0.1, 0.15) is 0 Å². The van der Waals surface area contributed by atoms with Gasteiger partial charge in [0.25, 0.3) is 0 Å². The van der Waals surface area contributed by atoms with E-state index in [4.69, 9.17) is 8.92 Å². The van der Waals surface area contributed by atoms with Crippen LogP contribution in [-0.2, 0) is 13.7 Å². The minimum absolute atomic E-state index is 0.0501. The summed E-state index contributed by atoms with van der Waals surface area (Å²) in [6.07, 6.45) is 1.46. The maximum atomic E-state index is 10.8. The SMILES string of the molecule is CC(=O)NC1CCCOC1OSS. The smallest absolute Gasteiger partial charge is 0.217 e. The third-order valence-corrected chi connectivity index (χ3v) is 2.33. The van der Waals surface area contributed by atoms with Crippen LogP contribution in [0.2, 0.25) is 0 Å². The second kappa shape index (κ2) is 5.74. The molecule has 1 amide bonds. The van der Waals surface area contributed by atoms with E-state index >= 15 is 0 Å². The van der Waals surface area contributed by atoms with Gasteiger partial charge in [-0.15, -0.1) is 0 Å². The maximum absolute atomic E-state index is 10.8. The first-order valence-electron chi connectivity index (χ1n) is 4.09. The van der Waals surface area contributed by atoms with Crippen LogP contribution in [0.4, 0.5) is 0 Å². The minimum atomic E-state index is -0.375. The number of thiol groups is 1. The lowest BCUT2D eigenvalue weighted by Crippen LogP contribution is -2.46. The molecule has 2 unspecified atom stereocenters. The van der Waals surface area contributed by atoms with Gasteiger partial charge in [0.15, 0.2) is 6.29 Å². The Morgan fingerprint density at radius 3 is 3.15 bits per heavy atom. The number of hydrogen-bond acceptors (Lipinski definition) is 5. The second-order valence-electron chi connectivity index (χ2n) is 2.86. The van der Waals surface area contributed by atoms with Crippen LogP contribution in [0.3, 0.4) is 0 Å². The summed E-state index contributed by atoms with van der Waals surface area (Å²) in [6, 6.07) is -0.0501. The molecule has 1 saturated heterocycles. The number of amides is 1. The normalized spacial score (nSPS) is 28.5. The van der Waals surface area contributed by atoms with Crippen LogP contribution in [0.5, 0.6) is 0 Å². The Hall–Kier alpha value is 0.0900. The lowest BCUT2D eigenvalue weighted by molar-refractivity contribution is -0.134. The summed E-state index contributed by atoms with van der Waals surface area (Å²) in [5.41, 5.74) is 0. The van der Waals surface area contributed by atoms with Crippen LogP contribution in [0.15, 0.2) is 0 Å². The van der Waals surface area contributed by atoms with Gasteiger partial charge in [0.05, 0.1) is 17.1 Å². The summed E-state index contributed by atoms with van der Waals surface area (Å²) in [6.45, 7) is 2.16. The first-order chi connectivity index (χ1) is 6.24. The van der Waals surface area contributed by atoms with Crippen molar-refractivity contribution in [1.29, 1.82) is 0 Å². The van der Waals surface area contributed by atoms with Crippen molar-refractivity contribution < 1.29 is 13.7 Å². The van der Waals surface area contributed by atoms with E-state index in [9.17, 15) is 4.79 Å². The van der Waals surface area contributed by atoms with Gasteiger partial charge in [-0.2, -0.15) is 0 Å². The number of rotatable bonds is 3. The molecule has 76 valence electrons. The van der Waals surface area contributed by atoms with Crippen molar-refractivity contribution in [3.05, 3.63) is 0 Å². The Morgan fingerprint density at radius 2 is 2.54 bits per heavy atom. The highest BCUT2D eigenvalue weighted by molar-refractivity contribution is 8.66. The van der Waals surface area contributed by atoms with Gasteiger partial charge in [0.2, 0.25) is 5.91 Å². The molecule has 4 nitrogen and oxygen atoms in total. The number of ether oxygens (including phenoxy) is 1. The van der Waals surface area contributed by atoms with Gasteiger partial charge in [-0.1, -0.05) is 11.7 Å². The topological polar surface area (TPSA) is 47.6 Å². The Balaban J connectivity index is 2.41. The zero-order chi connectivity index (χ0) is 9.68. The van der Waals surface area contributed by atoms with E-state index in [1.807, 2.05) is 0 Å². The van der Waals surface area contributed by atoms with Gasteiger partial charge >= 0.3 is 0 Å². The highest BCUT2D eigenvalue weighted by Gasteiger charge is 2.27.